The van der Waals surface area contributed by atoms with Crippen LogP contribution in [0.1, 0.15) is 0 Å². The Balaban J connectivity index is 1.35. The van der Waals surface area contributed by atoms with Gasteiger partial charge in [0.15, 0.2) is 0 Å². The smallest absolute Gasteiger partial charge is 0.0631 e. The molecule has 0 amide bonds. The molecule has 2 heteroatoms. The van der Waals surface area contributed by atoms with E-state index in [-0.39, 0.29) is 0 Å². The Bertz CT molecular complexity index is 3170. The lowest BCUT2D eigenvalue weighted by atomic mass is 9.84. The second kappa shape index (κ2) is 13.9. The molecule has 0 aliphatic carbocycles. The van der Waals surface area contributed by atoms with Crippen LogP contribution >= 0.6 is 0 Å². The SMILES string of the molecule is c1ccc(-c2c(-c3c4ccccc4c(-c4c(-c5ccccc5)c5ccccc5n4-c4ccccc4)c4cc5ccccc5cc34)n(-c3ccccc3)c3ccccc23)cc1. The quantitative estimate of drug-likeness (QED) is 0.149. The Morgan fingerprint density at radius 3 is 0.950 bits per heavy atom. The van der Waals surface area contributed by atoms with Crippen LogP contribution in [0.5, 0.6) is 0 Å². The summed E-state index contributed by atoms with van der Waals surface area (Å²) in [5, 5.41) is 9.70. The van der Waals surface area contributed by atoms with Crippen molar-refractivity contribution in [1.82, 2.24) is 9.13 Å². The van der Waals surface area contributed by atoms with E-state index in [2.05, 4.69) is 240 Å². The van der Waals surface area contributed by atoms with Crippen LogP contribution in [-0.2, 0) is 0 Å². The van der Waals surface area contributed by atoms with Gasteiger partial charge in [0.25, 0.3) is 0 Å². The molecule has 0 atom stereocenters. The van der Waals surface area contributed by atoms with Gasteiger partial charge in [-0.3, -0.25) is 0 Å². The molecule has 2 aromatic heterocycles. The number of hydrogen-bond acceptors (Lipinski definition) is 0. The van der Waals surface area contributed by atoms with Crippen LogP contribution in [0.2, 0.25) is 0 Å². The zero-order chi connectivity index (χ0) is 39.6. The summed E-state index contributed by atoms with van der Waals surface area (Å²) in [4.78, 5) is 0. The summed E-state index contributed by atoms with van der Waals surface area (Å²) < 4.78 is 5.01. The van der Waals surface area contributed by atoms with Crippen molar-refractivity contribution in [2.24, 2.45) is 0 Å². The predicted molar refractivity (Wildman–Crippen MR) is 254 cm³/mol. The van der Waals surface area contributed by atoms with Gasteiger partial charge in [0.2, 0.25) is 0 Å². The number of fused-ring (bicyclic) bond motifs is 5. The second-order valence-electron chi connectivity index (χ2n) is 15.6. The molecule has 12 rings (SSSR count). The van der Waals surface area contributed by atoms with E-state index in [1.54, 1.807) is 0 Å². The van der Waals surface area contributed by atoms with Gasteiger partial charge in [-0.05, 0) is 92.0 Å². The molecule has 0 aliphatic rings. The summed E-state index contributed by atoms with van der Waals surface area (Å²) >= 11 is 0. The zero-order valence-electron chi connectivity index (χ0n) is 32.8. The van der Waals surface area contributed by atoms with Crippen molar-refractivity contribution in [1.29, 1.82) is 0 Å². The minimum absolute atomic E-state index is 1.13. The molecule has 0 N–H and O–H groups in total. The van der Waals surface area contributed by atoms with Crippen molar-refractivity contribution in [3.05, 3.63) is 231 Å². The third-order valence-corrected chi connectivity index (χ3v) is 12.3. The van der Waals surface area contributed by atoms with E-state index in [9.17, 15) is 0 Å². The highest BCUT2D eigenvalue weighted by molar-refractivity contribution is 6.27. The highest BCUT2D eigenvalue weighted by Crippen LogP contribution is 2.53. The van der Waals surface area contributed by atoms with Gasteiger partial charge in [-0.2, -0.15) is 0 Å². The maximum atomic E-state index is 2.50. The summed E-state index contributed by atoms with van der Waals surface area (Å²) in [6.07, 6.45) is 0. The molecular weight excluding hydrogens is 725 g/mol. The van der Waals surface area contributed by atoms with Gasteiger partial charge in [0, 0.05) is 44.4 Å². The van der Waals surface area contributed by atoms with E-state index in [0.29, 0.717) is 0 Å². The third-order valence-electron chi connectivity index (χ3n) is 12.3. The molecule has 0 bridgehead atoms. The lowest BCUT2D eigenvalue weighted by molar-refractivity contribution is 1.14. The highest BCUT2D eigenvalue weighted by Gasteiger charge is 2.29. The van der Waals surface area contributed by atoms with Crippen LogP contribution in [0.4, 0.5) is 0 Å². The first-order chi connectivity index (χ1) is 29.8. The van der Waals surface area contributed by atoms with E-state index in [1.165, 1.54) is 98.9 Å². The van der Waals surface area contributed by atoms with Crippen LogP contribution in [0.3, 0.4) is 0 Å². The van der Waals surface area contributed by atoms with Crippen molar-refractivity contribution in [3.8, 4) is 56.1 Å². The Labute approximate surface area is 348 Å². The van der Waals surface area contributed by atoms with Crippen molar-refractivity contribution in [2.75, 3.05) is 0 Å². The van der Waals surface area contributed by atoms with Crippen molar-refractivity contribution < 1.29 is 0 Å². The molecule has 0 aliphatic heterocycles. The van der Waals surface area contributed by atoms with Crippen LogP contribution in [0.15, 0.2) is 231 Å². The molecule has 60 heavy (non-hydrogen) atoms. The minimum Gasteiger partial charge on any atom is -0.309 e. The number of rotatable bonds is 6. The second-order valence-corrected chi connectivity index (χ2v) is 15.6. The predicted octanol–water partition coefficient (Wildman–Crippen LogP) is 15.7. The first kappa shape index (κ1) is 34.1. The average Bonchev–Trinajstić information content (AvgIpc) is 3.84. The van der Waals surface area contributed by atoms with Crippen LogP contribution < -0.4 is 0 Å². The van der Waals surface area contributed by atoms with Crippen LogP contribution in [-0.4, -0.2) is 9.13 Å². The van der Waals surface area contributed by atoms with Gasteiger partial charge in [0.05, 0.1) is 22.4 Å². The van der Waals surface area contributed by atoms with Crippen molar-refractivity contribution >= 4 is 54.1 Å². The summed E-state index contributed by atoms with van der Waals surface area (Å²) in [6, 6.07) is 84.4. The summed E-state index contributed by atoms with van der Waals surface area (Å²) in [7, 11) is 0. The standard InChI is InChI=1S/C58H38N2/c1-5-21-39(22-6-1)53-47-33-17-19-35-51(47)59(43-27-9-3-10-28-43)57(53)55-45-31-15-16-32-46(45)56(50-38-42-26-14-13-25-41(42)37-49(50)55)58-54(40-23-7-2-8-24-40)48-34-18-20-36-52(48)60(58)44-29-11-4-12-30-44/h1-38H. The van der Waals surface area contributed by atoms with Crippen molar-refractivity contribution in [3.63, 3.8) is 0 Å². The highest BCUT2D eigenvalue weighted by atomic mass is 15.0. The van der Waals surface area contributed by atoms with E-state index >= 15 is 0 Å². The van der Waals surface area contributed by atoms with Gasteiger partial charge in [-0.25, -0.2) is 0 Å². The molecule has 12 aromatic rings. The van der Waals surface area contributed by atoms with Gasteiger partial charge in [-0.15, -0.1) is 0 Å². The number of nitrogens with zero attached hydrogens (tertiary/aromatic N) is 2. The molecule has 0 spiro atoms. The molecule has 10 aromatic carbocycles. The first-order valence-corrected chi connectivity index (χ1v) is 20.7. The minimum atomic E-state index is 1.13. The van der Waals surface area contributed by atoms with Crippen molar-refractivity contribution in [2.45, 2.75) is 0 Å². The van der Waals surface area contributed by atoms with E-state index in [1.807, 2.05) is 0 Å². The maximum absolute atomic E-state index is 2.50. The monoisotopic (exact) mass is 762 g/mol. The Hall–Kier alpha value is -7.94. The molecule has 2 nitrogen and oxygen atoms in total. The van der Waals surface area contributed by atoms with Gasteiger partial charge in [-0.1, -0.05) is 182 Å². The van der Waals surface area contributed by atoms with E-state index < -0.39 is 0 Å². The zero-order valence-corrected chi connectivity index (χ0v) is 32.8. The fraction of sp³-hybridized carbons (Fsp3) is 0. The molecule has 0 fully saturated rings. The van der Waals surface area contributed by atoms with E-state index in [0.717, 1.165) is 11.4 Å². The fourth-order valence-electron chi connectivity index (χ4n) is 9.81. The molecule has 0 unspecified atom stereocenters. The Morgan fingerprint density at radius 1 is 0.233 bits per heavy atom. The molecule has 0 saturated carbocycles. The number of hydrogen-bond donors (Lipinski definition) is 0. The Kier molecular flexibility index (Phi) is 7.89. The lowest BCUT2D eigenvalue weighted by Crippen LogP contribution is -2.02. The molecule has 0 saturated heterocycles. The summed E-state index contributed by atoms with van der Waals surface area (Å²) in [6.45, 7) is 0. The van der Waals surface area contributed by atoms with E-state index in [4.69, 9.17) is 0 Å². The van der Waals surface area contributed by atoms with Gasteiger partial charge in [0.1, 0.15) is 0 Å². The molecule has 280 valence electrons. The molecule has 2 heterocycles. The van der Waals surface area contributed by atoms with Crippen LogP contribution in [0, 0.1) is 0 Å². The summed E-state index contributed by atoms with van der Waals surface area (Å²) in [5.41, 5.74) is 14.3. The van der Waals surface area contributed by atoms with Crippen LogP contribution in [0.25, 0.3) is 110 Å². The normalized spacial score (nSPS) is 11.7. The van der Waals surface area contributed by atoms with Gasteiger partial charge >= 0.3 is 0 Å². The lowest BCUT2D eigenvalue weighted by Gasteiger charge is -2.23. The number of benzene rings is 10. The Morgan fingerprint density at radius 2 is 0.550 bits per heavy atom. The third kappa shape index (κ3) is 5.21. The largest absolute Gasteiger partial charge is 0.309 e. The topological polar surface area (TPSA) is 9.86 Å². The number of aromatic nitrogens is 2. The average molecular weight is 763 g/mol. The maximum Gasteiger partial charge on any atom is 0.0631 e. The number of para-hydroxylation sites is 4. The molecule has 0 radical (unpaired) electrons. The fourth-order valence-corrected chi connectivity index (χ4v) is 9.81. The molecular formula is C58H38N2. The summed E-state index contributed by atoms with van der Waals surface area (Å²) in [5.74, 6) is 0. The first-order valence-electron chi connectivity index (χ1n) is 20.7. The van der Waals surface area contributed by atoms with Gasteiger partial charge < -0.3 is 9.13 Å².